The average Bonchev–Trinajstić information content (AvgIpc) is 2.78. The predicted molar refractivity (Wildman–Crippen MR) is 82.1 cm³/mol. The van der Waals surface area contributed by atoms with E-state index in [2.05, 4.69) is 15.3 Å². The summed E-state index contributed by atoms with van der Waals surface area (Å²) in [6.07, 6.45) is 0. The molecule has 0 amide bonds. The number of ether oxygens (including phenoxy) is 1. The number of hydrogen-bond donors (Lipinski definition) is 2. The molecule has 0 radical (unpaired) electrons. The number of benzene rings is 1. The Morgan fingerprint density at radius 1 is 1.38 bits per heavy atom. The molecule has 21 heavy (non-hydrogen) atoms. The molecule has 0 saturated heterocycles. The van der Waals surface area contributed by atoms with Crippen LogP contribution in [0.5, 0.6) is 0 Å². The van der Waals surface area contributed by atoms with Crippen LogP contribution in [-0.2, 0) is 17.9 Å². The number of nitrogens with one attached hydrogen (secondary N) is 1. The predicted octanol–water partition coefficient (Wildman–Crippen LogP) is 2.36. The van der Waals surface area contributed by atoms with E-state index >= 15 is 0 Å². The summed E-state index contributed by atoms with van der Waals surface area (Å²) in [6.45, 7) is 4.58. The Kier molecular flexibility index (Phi) is 4.94. The molecule has 6 heteroatoms. The van der Waals surface area contributed by atoms with Crippen LogP contribution in [0.4, 0.5) is 5.69 Å². The third-order valence-electron chi connectivity index (χ3n) is 3.04. The third-order valence-corrected chi connectivity index (χ3v) is 3.04. The van der Waals surface area contributed by atoms with Crippen LogP contribution in [0.25, 0.3) is 0 Å². The zero-order valence-corrected chi connectivity index (χ0v) is 12.5. The lowest BCUT2D eigenvalue weighted by Crippen LogP contribution is -2.23. The van der Waals surface area contributed by atoms with E-state index in [1.807, 2.05) is 38.1 Å². The van der Waals surface area contributed by atoms with Gasteiger partial charge in [0.15, 0.2) is 5.96 Å². The van der Waals surface area contributed by atoms with Crippen LogP contribution in [0.3, 0.4) is 0 Å². The summed E-state index contributed by atoms with van der Waals surface area (Å²) >= 11 is 0. The second kappa shape index (κ2) is 6.90. The van der Waals surface area contributed by atoms with Gasteiger partial charge >= 0.3 is 0 Å². The minimum absolute atomic E-state index is 0.306. The monoisotopic (exact) mass is 288 g/mol. The van der Waals surface area contributed by atoms with Gasteiger partial charge in [-0.15, -0.1) is 0 Å². The summed E-state index contributed by atoms with van der Waals surface area (Å²) in [7, 11) is 1.65. The number of nitrogens with zero attached hydrogens (tertiary/aromatic N) is 2. The lowest BCUT2D eigenvalue weighted by molar-refractivity contribution is 0.185. The van der Waals surface area contributed by atoms with Gasteiger partial charge in [-0.2, -0.15) is 0 Å². The number of nitrogens with two attached hydrogens (primary N) is 1. The first-order chi connectivity index (χ1) is 10.1. The van der Waals surface area contributed by atoms with E-state index in [1.165, 1.54) is 0 Å². The van der Waals surface area contributed by atoms with Gasteiger partial charge in [0.05, 0.1) is 12.3 Å². The van der Waals surface area contributed by atoms with Crippen molar-refractivity contribution >= 4 is 11.6 Å². The molecule has 0 aliphatic heterocycles. The summed E-state index contributed by atoms with van der Waals surface area (Å²) < 4.78 is 10.6. The molecular formula is C15H20N4O2. The largest absolute Gasteiger partial charge is 0.444 e. The number of aryl methyl sites for hydroxylation is 2. The van der Waals surface area contributed by atoms with Gasteiger partial charge < -0.3 is 20.2 Å². The fourth-order valence-corrected chi connectivity index (χ4v) is 1.86. The third kappa shape index (κ3) is 4.06. The van der Waals surface area contributed by atoms with E-state index < -0.39 is 0 Å². The fraction of sp³-hybridized carbons (Fsp3) is 0.333. The number of guanidine groups is 1. The van der Waals surface area contributed by atoms with E-state index in [0.29, 0.717) is 25.0 Å². The number of aliphatic imine (C=N–C) groups is 1. The minimum Gasteiger partial charge on any atom is -0.444 e. The van der Waals surface area contributed by atoms with Crippen molar-refractivity contribution in [1.82, 2.24) is 4.98 Å². The number of aromatic nitrogens is 1. The van der Waals surface area contributed by atoms with Gasteiger partial charge in [0, 0.05) is 18.4 Å². The van der Waals surface area contributed by atoms with Crippen LogP contribution in [0.1, 0.15) is 22.9 Å². The maximum absolute atomic E-state index is 5.89. The van der Waals surface area contributed by atoms with E-state index in [1.54, 1.807) is 7.11 Å². The first-order valence-electron chi connectivity index (χ1n) is 6.67. The average molecular weight is 288 g/mol. The van der Waals surface area contributed by atoms with Crippen molar-refractivity contribution in [2.24, 2.45) is 10.7 Å². The zero-order chi connectivity index (χ0) is 15.2. The van der Waals surface area contributed by atoms with Gasteiger partial charge in [0.25, 0.3) is 0 Å². The first-order valence-corrected chi connectivity index (χ1v) is 6.67. The van der Waals surface area contributed by atoms with Crippen LogP contribution < -0.4 is 11.1 Å². The molecule has 0 spiro atoms. The Labute approximate surface area is 124 Å². The molecule has 0 aliphatic carbocycles. The zero-order valence-electron chi connectivity index (χ0n) is 12.5. The molecule has 0 atom stereocenters. The van der Waals surface area contributed by atoms with Gasteiger partial charge in [-0.3, -0.25) is 0 Å². The topological polar surface area (TPSA) is 85.7 Å². The highest BCUT2D eigenvalue weighted by atomic mass is 16.5. The maximum Gasteiger partial charge on any atom is 0.216 e. The van der Waals surface area contributed by atoms with Crippen LogP contribution in [0.15, 0.2) is 33.7 Å². The van der Waals surface area contributed by atoms with Crippen LogP contribution in [-0.4, -0.2) is 18.1 Å². The maximum atomic E-state index is 5.89. The molecule has 6 nitrogen and oxygen atoms in total. The van der Waals surface area contributed by atoms with E-state index in [9.17, 15) is 0 Å². The number of hydrogen-bond acceptors (Lipinski definition) is 4. The molecule has 0 aliphatic rings. The van der Waals surface area contributed by atoms with Crippen LogP contribution >= 0.6 is 0 Å². The molecule has 1 aromatic heterocycles. The SMILES string of the molecule is COCc1ccccc1NC(N)=NCc1nc(C)c(C)o1. The number of methoxy groups -OCH3 is 1. The lowest BCUT2D eigenvalue weighted by atomic mass is 10.2. The van der Waals surface area contributed by atoms with Crippen molar-refractivity contribution in [2.45, 2.75) is 27.0 Å². The van der Waals surface area contributed by atoms with Gasteiger partial charge in [0.1, 0.15) is 12.3 Å². The number of para-hydroxylation sites is 1. The molecule has 1 heterocycles. The number of rotatable bonds is 5. The van der Waals surface area contributed by atoms with Crippen molar-refractivity contribution in [3.05, 3.63) is 47.2 Å². The van der Waals surface area contributed by atoms with Crippen molar-refractivity contribution in [3.8, 4) is 0 Å². The highest BCUT2D eigenvalue weighted by molar-refractivity contribution is 5.92. The molecule has 1 aromatic carbocycles. The Morgan fingerprint density at radius 3 is 2.81 bits per heavy atom. The van der Waals surface area contributed by atoms with E-state index in [0.717, 1.165) is 22.7 Å². The number of oxazole rings is 1. The first kappa shape index (κ1) is 15.1. The smallest absolute Gasteiger partial charge is 0.216 e. The van der Waals surface area contributed by atoms with Crippen molar-refractivity contribution in [1.29, 1.82) is 0 Å². The van der Waals surface area contributed by atoms with Crippen LogP contribution in [0.2, 0.25) is 0 Å². The quantitative estimate of drug-likeness (QED) is 0.651. The molecular weight excluding hydrogens is 268 g/mol. The molecule has 0 bridgehead atoms. The normalized spacial score (nSPS) is 11.7. The summed E-state index contributed by atoms with van der Waals surface area (Å²) in [5.74, 6) is 1.67. The highest BCUT2D eigenvalue weighted by Gasteiger charge is 2.06. The fourth-order valence-electron chi connectivity index (χ4n) is 1.86. The van der Waals surface area contributed by atoms with Crippen molar-refractivity contribution in [3.63, 3.8) is 0 Å². The molecule has 2 rings (SSSR count). The van der Waals surface area contributed by atoms with Gasteiger partial charge in [-0.1, -0.05) is 18.2 Å². The van der Waals surface area contributed by atoms with E-state index in [4.69, 9.17) is 14.9 Å². The molecule has 112 valence electrons. The lowest BCUT2D eigenvalue weighted by Gasteiger charge is -2.10. The Morgan fingerprint density at radius 2 is 2.14 bits per heavy atom. The molecule has 0 unspecified atom stereocenters. The minimum atomic E-state index is 0.306. The molecule has 0 fully saturated rings. The standard InChI is InChI=1S/C15H20N4O2/c1-10-11(2)21-14(18-10)8-17-15(16)19-13-7-5-4-6-12(13)9-20-3/h4-7H,8-9H2,1-3H3,(H3,16,17,19). The van der Waals surface area contributed by atoms with Crippen molar-refractivity contribution in [2.75, 3.05) is 12.4 Å². The van der Waals surface area contributed by atoms with Gasteiger partial charge in [-0.05, 0) is 19.9 Å². The Balaban J connectivity index is 2.03. The van der Waals surface area contributed by atoms with Gasteiger partial charge in [0.2, 0.25) is 5.89 Å². The second-order valence-corrected chi connectivity index (χ2v) is 4.67. The Hall–Kier alpha value is -2.34. The summed E-state index contributed by atoms with van der Waals surface area (Å²) in [4.78, 5) is 8.49. The molecule has 3 N–H and O–H groups in total. The summed E-state index contributed by atoms with van der Waals surface area (Å²) in [5, 5.41) is 3.07. The van der Waals surface area contributed by atoms with E-state index in [-0.39, 0.29) is 0 Å². The van der Waals surface area contributed by atoms with Crippen LogP contribution in [0, 0.1) is 13.8 Å². The van der Waals surface area contributed by atoms with Crippen molar-refractivity contribution < 1.29 is 9.15 Å². The van der Waals surface area contributed by atoms with Gasteiger partial charge in [-0.25, -0.2) is 9.98 Å². The summed E-state index contributed by atoms with van der Waals surface area (Å²) in [5.41, 5.74) is 8.65. The summed E-state index contributed by atoms with van der Waals surface area (Å²) in [6, 6.07) is 7.77. The highest BCUT2D eigenvalue weighted by Crippen LogP contribution is 2.15. The Bertz CT molecular complexity index is 615. The molecule has 2 aromatic rings. The second-order valence-electron chi connectivity index (χ2n) is 4.67. The number of anilines is 1. The molecule has 0 saturated carbocycles.